The van der Waals surface area contributed by atoms with Gasteiger partial charge in [0.05, 0.1) is 13.7 Å². The van der Waals surface area contributed by atoms with Crippen molar-refractivity contribution in [3.8, 4) is 5.75 Å². The number of hydrogen-bond donors (Lipinski definition) is 1. The van der Waals surface area contributed by atoms with Gasteiger partial charge in [0.1, 0.15) is 11.6 Å². The summed E-state index contributed by atoms with van der Waals surface area (Å²) in [6, 6.07) is 4.34. The smallest absolute Gasteiger partial charge is 0.236 e. The number of ether oxygens (including phenoxy) is 1. The van der Waals surface area contributed by atoms with Crippen LogP contribution in [0.2, 0.25) is 0 Å². The van der Waals surface area contributed by atoms with Crippen molar-refractivity contribution in [1.29, 1.82) is 0 Å². The minimum absolute atomic E-state index is 0.0171. The average Bonchev–Trinajstić information content (AvgIpc) is 2.35. The molecule has 0 bridgehead atoms. The number of hydrogen-bond acceptors (Lipinski definition) is 3. The first kappa shape index (κ1) is 13.4. The first-order valence-corrected chi connectivity index (χ1v) is 5.35. The van der Waals surface area contributed by atoms with Crippen molar-refractivity contribution in [2.24, 2.45) is 5.73 Å². The summed E-state index contributed by atoms with van der Waals surface area (Å²) in [5.41, 5.74) is 5.99. The number of nitrogens with zero attached hydrogens (tertiary/aromatic N) is 1. The standard InChI is InChI=1S/C12H17FN2O2/c1-15(12(16)8-14)6-5-9-7-10(13)3-4-11(9)17-2/h3-4,7H,5-6,8,14H2,1-2H3. The fourth-order valence-corrected chi connectivity index (χ4v) is 1.51. The lowest BCUT2D eigenvalue weighted by molar-refractivity contribution is -0.128. The molecule has 0 saturated carbocycles. The highest BCUT2D eigenvalue weighted by atomic mass is 19.1. The van der Waals surface area contributed by atoms with Crippen molar-refractivity contribution in [1.82, 2.24) is 4.90 Å². The Morgan fingerprint density at radius 3 is 2.82 bits per heavy atom. The molecule has 0 heterocycles. The number of benzene rings is 1. The van der Waals surface area contributed by atoms with Crippen LogP contribution in [0, 0.1) is 5.82 Å². The Balaban J connectivity index is 2.68. The van der Waals surface area contributed by atoms with Gasteiger partial charge in [-0.2, -0.15) is 0 Å². The Bertz CT molecular complexity index is 396. The zero-order chi connectivity index (χ0) is 12.8. The van der Waals surface area contributed by atoms with E-state index < -0.39 is 0 Å². The maximum atomic E-state index is 13.1. The number of carbonyl (C=O) groups excluding carboxylic acids is 1. The average molecular weight is 240 g/mol. The molecule has 1 aromatic rings. The predicted molar refractivity (Wildman–Crippen MR) is 63.3 cm³/mol. The Morgan fingerprint density at radius 2 is 2.24 bits per heavy atom. The van der Waals surface area contributed by atoms with Gasteiger partial charge in [-0.15, -0.1) is 0 Å². The lowest BCUT2D eigenvalue weighted by atomic mass is 10.1. The van der Waals surface area contributed by atoms with Crippen LogP contribution < -0.4 is 10.5 Å². The summed E-state index contributed by atoms with van der Waals surface area (Å²) >= 11 is 0. The first-order valence-electron chi connectivity index (χ1n) is 5.35. The highest BCUT2D eigenvalue weighted by Crippen LogP contribution is 2.19. The van der Waals surface area contributed by atoms with E-state index in [0.29, 0.717) is 18.7 Å². The molecule has 0 aliphatic heterocycles. The van der Waals surface area contributed by atoms with E-state index in [2.05, 4.69) is 0 Å². The molecule has 17 heavy (non-hydrogen) atoms. The van der Waals surface area contributed by atoms with Gasteiger partial charge in [-0.25, -0.2) is 4.39 Å². The summed E-state index contributed by atoms with van der Waals surface area (Å²) in [6.07, 6.45) is 0.531. The molecule has 0 saturated heterocycles. The van der Waals surface area contributed by atoms with Crippen LogP contribution in [0.3, 0.4) is 0 Å². The molecular formula is C12H17FN2O2. The van der Waals surface area contributed by atoms with E-state index in [9.17, 15) is 9.18 Å². The highest BCUT2D eigenvalue weighted by molar-refractivity contribution is 5.77. The van der Waals surface area contributed by atoms with Gasteiger partial charge >= 0.3 is 0 Å². The summed E-state index contributed by atoms with van der Waals surface area (Å²) in [6.45, 7) is 0.465. The number of amides is 1. The molecule has 0 aliphatic carbocycles. The van der Waals surface area contributed by atoms with Crippen LogP contribution in [0.4, 0.5) is 4.39 Å². The summed E-state index contributed by atoms with van der Waals surface area (Å²) in [7, 11) is 3.20. The predicted octanol–water partition coefficient (Wildman–Crippen LogP) is 0.794. The van der Waals surface area contributed by atoms with E-state index in [1.165, 1.54) is 24.1 Å². The Morgan fingerprint density at radius 1 is 1.53 bits per heavy atom. The van der Waals surface area contributed by atoms with Crippen LogP contribution in [0.25, 0.3) is 0 Å². The molecule has 1 rings (SSSR count). The maximum Gasteiger partial charge on any atom is 0.236 e. The third-order valence-corrected chi connectivity index (χ3v) is 2.56. The zero-order valence-electron chi connectivity index (χ0n) is 10.1. The third kappa shape index (κ3) is 3.71. The summed E-state index contributed by atoms with van der Waals surface area (Å²) < 4.78 is 18.2. The summed E-state index contributed by atoms with van der Waals surface area (Å²) in [5.74, 6) is 0.175. The minimum Gasteiger partial charge on any atom is -0.496 e. The molecule has 1 aromatic carbocycles. The number of carbonyl (C=O) groups is 1. The molecule has 4 nitrogen and oxygen atoms in total. The molecule has 0 aliphatic rings. The van der Waals surface area contributed by atoms with Gasteiger partial charge in [0.25, 0.3) is 0 Å². The van der Waals surface area contributed by atoms with E-state index in [1.54, 1.807) is 13.1 Å². The van der Waals surface area contributed by atoms with Crippen molar-refractivity contribution in [2.75, 3.05) is 27.2 Å². The Hall–Kier alpha value is -1.62. The van der Waals surface area contributed by atoms with Crippen molar-refractivity contribution >= 4 is 5.91 Å². The van der Waals surface area contributed by atoms with E-state index in [0.717, 1.165) is 5.56 Å². The van der Waals surface area contributed by atoms with Gasteiger partial charge in [-0.3, -0.25) is 4.79 Å². The normalized spacial score (nSPS) is 10.1. The van der Waals surface area contributed by atoms with E-state index in [1.807, 2.05) is 0 Å². The summed E-state index contributed by atoms with van der Waals surface area (Å²) in [4.78, 5) is 12.8. The molecule has 0 unspecified atom stereocenters. The van der Waals surface area contributed by atoms with Gasteiger partial charge in [0.2, 0.25) is 5.91 Å². The van der Waals surface area contributed by atoms with Gasteiger partial charge in [-0.05, 0) is 30.2 Å². The summed E-state index contributed by atoms with van der Waals surface area (Å²) in [5, 5.41) is 0. The van der Waals surface area contributed by atoms with Crippen molar-refractivity contribution < 1.29 is 13.9 Å². The van der Waals surface area contributed by atoms with Crippen LogP contribution in [0.15, 0.2) is 18.2 Å². The molecule has 2 N–H and O–H groups in total. The van der Waals surface area contributed by atoms with E-state index in [-0.39, 0.29) is 18.3 Å². The fourth-order valence-electron chi connectivity index (χ4n) is 1.51. The largest absolute Gasteiger partial charge is 0.496 e. The molecule has 5 heteroatoms. The van der Waals surface area contributed by atoms with Crippen molar-refractivity contribution in [2.45, 2.75) is 6.42 Å². The molecule has 0 fully saturated rings. The molecule has 0 atom stereocenters. The van der Waals surface area contributed by atoms with E-state index in [4.69, 9.17) is 10.5 Å². The highest BCUT2D eigenvalue weighted by Gasteiger charge is 2.09. The second kappa shape index (κ2) is 6.20. The van der Waals surface area contributed by atoms with Gasteiger partial charge in [0, 0.05) is 13.6 Å². The van der Waals surface area contributed by atoms with Crippen LogP contribution in [0.5, 0.6) is 5.75 Å². The van der Waals surface area contributed by atoms with Gasteiger partial charge in [-0.1, -0.05) is 0 Å². The van der Waals surface area contributed by atoms with Crippen LogP contribution >= 0.6 is 0 Å². The van der Waals surface area contributed by atoms with E-state index >= 15 is 0 Å². The molecule has 0 radical (unpaired) electrons. The van der Waals surface area contributed by atoms with Crippen LogP contribution in [0.1, 0.15) is 5.56 Å². The monoisotopic (exact) mass is 240 g/mol. The Kier molecular flexibility index (Phi) is 4.90. The number of methoxy groups -OCH3 is 1. The quantitative estimate of drug-likeness (QED) is 0.828. The van der Waals surface area contributed by atoms with Crippen molar-refractivity contribution in [3.63, 3.8) is 0 Å². The van der Waals surface area contributed by atoms with Crippen LogP contribution in [-0.2, 0) is 11.2 Å². The number of likely N-dealkylation sites (N-methyl/N-ethyl adjacent to an activating group) is 1. The molecule has 1 amide bonds. The minimum atomic E-state index is -0.311. The second-order valence-corrected chi connectivity index (χ2v) is 3.73. The number of nitrogens with two attached hydrogens (primary N) is 1. The SMILES string of the molecule is COc1ccc(F)cc1CCN(C)C(=O)CN. The zero-order valence-corrected chi connectivity index (χ0v) is 10.1. The van der Waals surface area contributed by atoms with Gasteiger partial charge < -0.3 is 15.4 Å². The first-order chi connectivity index (χ1) is 8.08. The number of rotatable bonds is 5. The molecular weight excluding hydrogens is 223 g/mol. The number of halogens is 1. The van der Waals surface area contributed by atoms with Crippen molar-refractivity contribution in [3.05, 3.63) is 29.6 Å². The lowest BCUT2D eigenvalue weighted by Gasteiger charge is -2.17. The maximum absolute atomic E-state index is 13.1. The molecule has 94 valence electrons. The fraction of sp³-hybridized carbons (Fsp3) is 0.417. The van der Waals surface area contributed by atoms with Gasteiger partial charge in [0.15, 0.2) is 0 Å². The third-order valence-electron chi connectivity index (χ3n) is 2.56. The Labute approximate surface area is 100 Å². The van der Waals surface area contributed by atoms with Crippen LogP contribution in [-0.4, -0.2) is 38.1 Å². The molecule has 0 aromatic heterocycles. The lowest BCUT2D eigenvalue weighted by Crippen LogP contribution is -2.34. The second-order valence-electron chi connectivity index (χ2n) is 3.73. The molecule has 0 spiro atoms. The topological polar surface area (TPSA) is 55.6 Å².